The molecule has 3 rings (SSSR count). The molecule has 23 heavy (non-hydrogen) atoms. The summed E-state index contributed by atoms with van der Waals surface area (Å²) in [6.07, 6.45) is 7.33. The Kier molecular flexibility index (Phi) is 5.71. The molecule has 1 unspecified atom stereocenters. The van der Waals surface area contributed by atoms with Gasteiger partial charge < -0.3 is 9.64 Å². The first-order valence-electron chi connectivity index (χ1n) is 9.35. The molecule has 0 radical (unpaired) electrons. The van der Waals surface area contributed by atoms with Crippen LogP contribution in [0.2, 0.25) is 0 Å². The number of nitrogens with one attached hydrogen (secondary N) is 1. The average Bonchev–Trinajstić information content (AvgIpc) is 2.61. The van der Waals surface area contributed by atoms with E-state index in [0.29, 0.717) is 12.5 Å². The van der Waals surface area contributed by atoms with E-state index in [1.807, 2.05) is 30.3 Å². The highest BCUT2D eigenvalue weighted by molar-refractivity contribution is 5.78. The van der Waals surface area contributed by atoms with Gasteiger partial charge in [-0.2, -0.15) is 0 Å². The number of piperidine rings is 2. The molecule has 3 heteroatoms. The van der Waals surface area contributed by atoms with Crippen LogP contribution >= 0.6 is 0 Å². The first-order chi connectivity index (χ1) is 11.3. The number of carbonyl (C=O) groups is 1. The summed E-state index contributed by atoms with van der Waals surface area (Å²) < 4.78 is 5.79. The van der Waals surface area contributed by atoms with Crippen molar-refractivity contribution in [2.24, 2.45) is 5.92 Å². The van der Waals surface area contributed by atoms with Crippen LogP contribution in [0.5, 0.6) is 0 Å². The molecule has 2 heterocycles. The minimum absolute atomic E-state index is 0.0402. The molecule has 2 saturated heterocycles. The van der Waals surface area contributed by atoms with E-state index in [1.54, 1.807) is 4.90 Å². The van der Waals surface area contributed by atoms with Gasteiger partial charge in [-0.3, -0.25) is 4.79 Å². The highest BCUT2D eigenvalue weighted by atomic mass is 16.5. The van der Waals surface area contributed by atoms with E-state index in [4.69, 9.17) is 4.74 Å². The van der Waals surface area contributed by atoms with Crippen molar-refractivity contribution in [3.63, 3.8) is 0 Å². The van der Waals surface area contributed by atoms with Crippen LogP contribution in [0.3, 0.4) is 0 Å². The molecule has 1 N–H and O–H groups in total. The average molecular weight is 316 g/mol. The third kappa shape index (κ3) is 3.95. The third-order valence-electron chi connectivity index (χ3n) is 5.76. The Hall–Kier alpha value is -1.35. The van der Waals surface area contributed by atoms with Gasteiger partial charge in [-0.15, -0.1) is 0 Å². The van der Waals surface area contributed by atoms with Crippen molar-refractivity contribution in [3.05, 3.63) is 35.9 Å². The van der Waals surface area contributed by atoms with Crippen LogP contribution in [0.4, 0.5) is 0 Å². The number of esters is 1. The van der Waals surface area contributed by atoms with Gasteiger partial charge >= 0.3 is 5.97 Å². The van der Waals surface area contributed by atoms with Crippen molar-refractivity contribution in [1.82, 2.24) is 0 Å². The van der Waals surface area contributed by atoms with Crippen LogP contribution in [0.15, 0.2) is 30.3 Å². The van der Waals surface area contributed by atoms with Crippen LogP contribution in [-0.4, -0.2) is 31.7 Å². The lowest BCUT2D eigenvalue weighted by Gasteiger charge is -2.41. The summed E-state index contributed by atoms with van der Waals surface area (Å²) in [6, 6.07) is 10.8. The smallest absolute Gasteiger partial charge is 0.313 e. The van der Waals surface area contributed by atoms with Gasteiger partial charge in [0, 0.05) is 5.92 Å². The Balaban J connectivity index is 1.57. The van der Waals surface area contributed by atoms with Crippen LogP contribution < -0.4 is 4.90 Å². The number of benzene rings is 1. The SMILES string of the molecule is CC[C@H](C(=O)OC[C@H]1CCC[NH+]2CCCC[C@H]12)c1ccccc1. The maximum atomic E-state index is 12.5. The Bertz CT molecular complexity index is 500. The van der Waals surface area contributed by atoms with Gasteiger partial charge in [0.2, 0.25) is 0 Å². The molecule has 0 spiro atoms. The molecule has 0 bridgehead atoms. The maximum absolute atomic E-state index is 12.5. The second-order valence-electron chi connectivity index (χ2n) is 7.16. The van der Waals surface area contributed by atoms with Crippen molar-refractivity contribution in [2.75, 3.05) is 19.7 Å². The van der Waals surface area contributed by atoms with Crippen molar-refractivity contribution in [3.8, 4) is 0 Å². The van der Waals surface area contributed by atoms with E-state index < -0.39 is 0 Å². The Morgan fingerprint density at radius 1 is 1.17 bits per heavy atom. The molecule has 2 fully saturated rings. The predicted octanol–water partition coefficient (Wildman–Crippen LogP) is 2.57. The molecule has 4 atom stereocenters. The van der Waals surface area contributed by atoms with Crippen molar-refractivity contribution >= 4 is 5.97 Å². The molecule has 0 saturated carbocycles. The van der Waals surface area contributed by atoms with Gasteiger partial charge in [-0.1, -0.05) is 37.3 Å². The van der Waals surface area contributed by atoms with E-state index in [9.17, 15) is 4.79 Å². The fraction of sp³-hybridized carbons (Fsp3) is 0.650. The zero-order valence-electron chi connectivity index (χ0n) is 14.3. The van der Waals surface area contributed by atoms with Gasteiger partial charge in [0.25, 0.3) is 0 Å². The first kappa shape index (κ1) is 16.5. The monoisotopic (exact) mass is 316 g/mol. The maximum Gasteiger partial charge on any atom is 0.313 e. The Morgan fingerprint density at radius 2 is 1.96 bits per heavy atom. The number of hydrogen-bond acceptors (Lipinski definition) is 2. The van der Waals surface area contributed by atoms with Gasteiger partial charge in [-0.25, -0.2) is 0 Å². The molecule has 1 aromatic rings. The number of rotatable bonds is 5. The van der Waals surface area contributed by atoms with E-state index >= 15 is 0 Å². The summed E-state index contributed by atoms with van der Waals surface area (Å²) >= 11 is 0. The normalized spacial score (nSPS) is 28.7. The Labute approximate surface area is 140 Å². The fourth-order valence-electron chi connectivity index (χ4n) is 4.49. The topological polar surface area (TPSA) is 30.7 Å². The number of quaternary nitrogens is 1. The second kappa shape index (κ2) is 7.96. The molecule has 2 aliphatic heterocycles. The number of carbonyl (C=O) groups excluding carboxylic acids is 1. The lowest BCUT2D eigenvalue weighted by molar-refractivity contribution is -0.940. The highest BCUT2D eigenvalue weighted by Crippen LogP contribution is 2.24. The summed E-state index contributed by atoms with van der Waals surface area (Å²) in [6.45, 7) is 5.32. The minimum atomic E-state index is -0.116. The predicted molar refractivity (Wildman–Crippen MR) is 91.5 cm³/mol. The third-order valence-corrected chi connectivity index (χ3v) is 5.76. The van der Waals surface area contributed by atoms with Crippen LogP contribution in [-0.2, 0) is 9.53 Å². The number of hydrogen-bond donors (Lipinski definition) is 1. The zero-order chi connectivity index (χ0) is 16.1. The van der Waals surface area contributed by atoms with Crippen molar-refractivity contribution < 1.29 is 14.4 Å². The van der Waals surface area contributed by atoms with Gasteiger partial charge in [0.15, 0.2) is 0 Å². The van der Waals surface area contributed by atoms with E-state index in [2.05, 4.69) is 6.92 Å². The molecule has 1 aromatic carbocycles. The largest absolute Gasteiger partial charge is 0.465 e. The number of fused-ring (bicyclic) bond motifs is 1. The quantitative estimate of drug-likeness (QED) is 0.847. The van der Waals surface area contributed by atoms with Crippen LogP contribution in [0.1, 0.15) is 56.9 Å². The van der Waals surface area contributed by atoms with E-state index in [0.717, 1.165) is 18.0 Å². The molecule has 0 aliphatic carbocycles. The van der Waals surface area contributed by atoms with Gasteiger partial charge in [0.05, 0.1) is 31.7 Å². The lowest BCUT2D eigenvalue weighted by Crippen LogP contribution is -3.18. The summed E-state index contributed by atoms with van der Waals surface area (Å²) in [5.74, 6) is 0.410. The lowest BCUT2D eigenvalue weighted by atomic mass is 9.84. The Morgan fingerprint density at radius 3 is 2.74 bits per heavy atom. The summed E-state index contributed by atoms with van der Waals surface area (Å²) in [7, 11) is 0. The standard InChI is InChI=1S/C20H29NO2/c1-2-18(16-9-4-3-5-10-16)20(22)23-15-17-11-8-14-21-13-7-6-12-19(17)21/h3-5,9-10,17-19H,2,6-8,11-15H2,1H3/p+1/t17-,18+,19-/m1/s1. The van der Waals surface area contributed by atoms with Gasteiger partial charge in [0.1, 0.15) is 0 Å². The fourth-order valence-corrected chi connectivity index (χ4v) is 4.49. The molecular weight excluding hydrogens is 286 g/mol. The molecular formula is C20H30NO2+. The molecule has 0 aromatic heterocycles. The van der Waals surface area contributed by atoms with Crippen molar-refractivity contribution in [1.29, 1.82) is 0 Å². The van der Waals surface area contributed by atoms with Crippen LogP contribution in [0, 0.1) is 5.92 Å². The molecule has 2 aliphatic rings. The van der Waals surface area contributed by atoms with E-state index in [-0.39, 0.29) is 11.9 Å². The van der Waals surface area contributed by atoms with Gasteiger partial charge in [-0.05, 0) is 44.1 Å². The minimum Gasteiger partial charge on any atom is -0.465 e. The summed E-state index contributed by atoms with van der Waals surface area (Å²) in [5, 5.41) is 0. The first-order valence-corrected chi connectivity index (χ1v) is 9.35. The van der Waals surface area contributed by atoms with Crippen molar-refractivity contribution in [2.45, 2.75) is 57.4 Å². The van der Waals surface area contributed by atoms with Crippen LogP contribution in [0.25, 0.3) is 0 Å². The molecule has 0 amide bonds. The molecule has 126 valence electrons. The molecule has 3 nitrogen and oxygen atoms in total. The van der Waals surface area contributed by atoms with E-state index in [1.165, 1.54) is 45.2 Å². The second-order valence-corrected chi connectivity index (χ2v) is 7.16. The summed E-state index contributed by atoms with van der Waals surface area (Å²) in [4.78, 5) is 14.3. The zero-order valence-corrected chi connectivity index (χ0v) is 14.3. The number of ether oxygens (including phenoxy) is 1. The highest BCUT2D eigenvalue weighted by Gasteiger charge is 2.37. The summed E-state index contributed by atoms with van der Waals surface area (Å²) in [5.41, 5.74) is 1.08.